The molecule has 0 aliphatic rings. The molecule has 3 N–H and O–H groups in total. The Morgan fingerprint density at radius 2 is 1.74 bits per heavy atom. The number of guanidine groups is 1. The van der Waals surface area contributed by atoms with E-state index in [2.05, 4.69) is 41.3 Å². The number of methoxy groups -OCH3 is 2. The second-order valence-electron chi connectivity index (χ2n) is 7.21. The molecular weight excluding hydrogens is 392 g/mol. The van der Waals surface area contributed by atoms with Gasteiger partial charge in [0.05, 0.1) is 20.8 Å². The Morgan fingerprint density at radius 3 is 2.35 bits per heavy atom. The molecule has 0 spiro atoms. The Kier molecular flexibility index (Phi) is 7.32. The summed E-state index contributed by atoms with van der Waals surface area (Å²) >= 11 is 0. The van der Waals surface area contributed by atoms with E-state index in [-0.39, 0.29) is 0 Å². The Labute approximate surface area is 182 Å². The van der Waals surface area contributed by atoms with Crippen molar-refractivity contribution < 1.29 is 14.2 Å². The standard InChI is InChI=1S/C24H28N4O3/c1-16(2)18-7-5-8-19(13-18)28-24(25)27-15-17-11-12-22(26-14-17)31-23-20(29-3)9-6-10-21(23)30-4/h5-14,16H,15H2,1-4H3,(H3,25,27,28). The summed E-state index contributed by atoms with van der Waals surface area (Å²) in [7, 11) is 3.15. The number of ether oxygens (including phenoxy) is 3. The number of aliphatic imine (C=N–C) groups is 1. The number of nitrogens with two attached hydrogens (primary N) is 1. The van der Waals surface area contributed by atoms with Crippen molar-refractivity contribution in [3.63, 3.8) is 0 Å². The molecule has 0 saturated heterocycles. The smallest absolute Gasteiger partial charge is 0.219 e. The fourth-order valence-electron chi connectivity index (χ4n) is 2.93. The van der Waals surface area contributed by atoms with E-state index in [9.17, 15) is 0 Å². The Hall–Kier alpha value is -3.74. The van der Waals surface area contributed by atoms with E-state index in [0.717, 1.165) is 11.3 Å². The minimum atomic E-state index is 0.347. The average Bonchev–Trinajstić information content (AvgIpc) is 2.79. The van der Waals surface area contributed by atoms with E-state index in [1.807, 2.05) is 24.3 Å². The van der Waals surface area contributed by atoms with Gasteiger partial charge < -0.3 is 25.3 Å². The number of pyridine rings is 1. The molecule has 0 amide bonds. The number of nitrogens with zero attached hydrogens (tertiary/aromatic N) is 2. The number of anilines is 1. The number of aromatic nitrogens is 1. The number of nitrogens with one attached hydrogen (secondary N) is 1. The van der Waals surface area contributed by atoms with E-state index >= 15 is 0 Å². The van der Waals surface area contributed by atoms with Gasteiger partial charge >= 0.3 is 0 Å². The second kappa shape index (κ2) is 10.3. The van der Waals surface area contributed by atoms with Gasteiger partial charge in [-0.2, -0.15) is 0 Å². The maximum atomic E-state index is 6.04. The number of para-hydroxylation sites is 1. The van der Waals surface area contributed by atoms with Gasteiger partial charge in [0.25, 0.3) is 0 Å². The number of benzene rings is 2. The Bertz CT molecular complexity index is 1010. The number of hydrogen-bond donors (Lipinski definition) is 2. The van der Waals surface area contributed by atoms with Gasteiger partial charge in [-0.3, -0.25) is 0 Å². The molecule has 0 aliphatic carbocycles. The lowest BCUT2D eigenvalue weighted by atomic mass is 10.0. The van der Waals surface area contributed by atoms with Crippen LogP contribution in [0.2, 0.25) is 0 Å². The van der Waals surface area contributed by atoms with Crippen molar-refractivity contribution in [1.82, 2.24) is 4.98 Å². The van der Waals surface area contributed by atoms with Gasteiger partial charge in [0.1, 0.15) is 0 Å². The maximum Gasteiger partial charge on any atom is 0.219 e. The van der Waals surface area contributed by atoms with Gasteiger partial charge in [-0.15, -0.1) is 0 Å². The molecule has 0 bridgehead atoms. The zero-order valence-corrected chi connectivity index (χ0v) is 18.3. The fourth-order valence-corrected chi connectivity index (χ4v) is 2.93. The third-order valence-corrected chi connectivity index (χ3v) is 4.64. The summed E-state index contributed by atoms with van der Waals surface area (Å²) in [5, 5.41) is 3.13. The molecule has 3 aromatic rings. The van der Waals surface area contributed by atoms with E-state index in [4.69, 9.17) is 19.9 Å². The van der Waals surface area contributed by atoms with Crippen LogP contribution in [0.5, 0.6) is 23.1 Å². The third-order valence-electron chi connectivity index (χ3n) is 4.64. The molecule has 7 nitrogen and oxygen atoms in total. The van der Waals surface area contributed by atoms with E-state index < -0.39 is 0 Å². The first-order chi connectivity index (χ1) is 15.0. The first-order valence-corrected chi connectivity index (χ1v) is 10.0. The molecule has 1 heterocycles. The molecule has 0 radical (unpaired) electrons. The van der Waals surface area contributed by atoms with Crippen molar-refractivity contribution in [1.29, 1.82) is 0 Å². The average molecular weight is 421 g/mol. The van der Waals surface area contributed by atoms with Crippen LogP contribution in [0.4, 0.5) is 5.69 Å². The lowest BCUT2D eigenvalue weighted by Crippen LogP contribution is -2.22. The van der Waals surface area contributed by atoms with Crippen molar-refractivity contribution in [2.45, 2.75) is 26.3 Å². The van der Waals surface area contributed by atoms with Crippen molar-refractivity contribution in [2.75, 3.05) is 19.5 Å². The summed E-state index contributed by atoms with van der Waals surface area (Å²) in [5.41, 5.74) is 9.10. The van der Waals surface area contributed by atoms with Crippen LogP contribution < -0.4 is 25.3 Å². The first kappa shape index (κ1) is 22.0. The fraction of sp³-hybridized carbons (Fsp3) is 0.250. The summed E-state index contributed by atoms with van der Waals surface area (Å²) in [5.74, 6) is 2.82. The van der Waals surface area contributed by atoms with Crippen LogP contribution in [0.1, 0.15) is 30.9 Å². The summed E-state index contributed by atoms with van der Waals surface area (Å²) < 4.78 is 16.6. The highest BCUT2D eigenvalue weighted by Gasteiger charge is 2.13. The minimum Gasteiger partial charge on any atom is -0.493 e. The maximum absolute atomic E-state index is 6.04. The summed E-state index contributed by atoms with van der Waals surface area (Å²) in [6, 6.07) is 17.2. The third kappa shape index (κ3) is 5.88. The van der Waals surface area contributed by atoms with Crippen LogP contribution in [0.3, 0.4) is 0 Å². The van der Waals surface area contributed by atoms with Crippen LogP contribution in [-0.4, -0.2) is 25.2 Å². The molecule has 0 saturated carbocycles. The Morgan fingerprint density at radius 1 is 1.03 bits per heavy atom. The van der Waals surface area contributed by atoms with Gasteiger partial charge in [0.15, 0.2) is 17.5 Å². The molecule has 0 unspecified atom stereocenters. The van der Waals surface area contributed by atoms with E-state index in [0.29, 0.717) is 41.6 Å². The monoisotopic (exact) mass is 420 g/mol. The van der Waals surface area contributed by atoms with E-state index in [1.54, 1.807) is 38.6 Å². The van der Waals surface area contributed by atoms with Crippen molar-refractivity contribution >= 4 is 11.6 Å². The van der Waals surface area contributed by atoms with Crippen LogP contribution >= 0.6 is 0 Å². The zero-order chi connectivity index (χ0) is 22.2. The van der Waals surface area contributed by atoms with Crippen molar-refractivity contribution in [2.24, 2.45) is 10.7 Å². The normalized spacial score (nSPS) is 11.3. The molecule has 162 valence electrons. The van der Waals surface area contributed by atoms with Crippen molar-refractivity contribution in [3.05, 3.63) is 71.9 Å². The van der Waals surface area contributed by atoms with Crippen molar-refractivity contribution in [3.8, 4) is 23.1 Å². The van der Waals surface area contributed by atoms with Crippen LogP contribution in [0.15, 0.2) is 65.8 Å². The van der Waals surface area contributed by atoms with Crippen LogP contribution in [0.25, 0.3) is 0 Å². The largest absolute Gasteiger partial charge is 0.493 e. The van der Waals surface area contributed by atoms with E-state index in [1.165, 1.54) is 5.56 Å². The van der Waals surface area contributed by atoms with Crippen LogP contribution in [0, 0.1) is 0 Å². The second-order valence-corrected chi connectivity index (χ2v) is 7.21. The summed E-state index contributed by atoms with van der Waals surface area (Å²) in [4.78, 5) is 8.75. The quantitative estimate of drug-likeness (QED) is 0.396. The summed E-state index contributed by atoms with van der Waals surface area (Å²) in [6.45, 7) is 4.70. The molecule has 3 rings (SSSR count). The van der Waals surface area contributed by atoms with Gasteiger partial charge in [-0.25, -0.2) is 9.98 Å². The van der Waals surface area contributed by atoms with Gasteiger partial charge in [0.2, 0.25) is 11.6 Å². The van der Waals surface area contributed by atoms with Crippen LogP contribution in [-0.2, 0) is 6.54 Å². The van der Waals surface area contributed by atoms with Gasteiger partial charge in [-0.1, -0.05) is 38.1 Å². The first-order valence-electron chi connectivity index (χ1n) is 10.0. The highest BCUT2D eigenvalue weighted by molar-refractivity contribution is 5.92. The molecule has 0 atom stereocenters. The van der Waals surface area contributed by atoms with Gasteiger partial charge in [-0.05, 0) is 41.3 Å². The lowest BCUT2D eigenvalue weighted by Gasteiger charge is -2.13. The highest BCUT2D eigenvalue weighted by Crippen LogP contribution is 2.39. The predicted octanol–water partition coefficient (Wildman–Crippen LogP) is 4.94. The topological polar surface area (TPSA) is 91.0 Å². The molecule has 1 aromatic heterocycles. The SMILES string of the molecule is COc1cccc(OC)c1Oc1ccc(CN=C(N)Nc2cccc(C(C)C)c2)cn1. The molecule has 0 aliphatic heterocycles. The molecule has 2 aromatic carbocycles. The molecule has 7 heteroatoms. The highest BCUT2D eigenvalue weighted by atomic mass is 16.5. The van der Waals surface area contributed by atoms with Gasteiger partial charge in [0, 0.05) is 18.0 Å². The Balaban J connectivity index is 1.64. The molecule has 31 heavy (non-hydrogen) atoms. The zero-order valence-electron chi connectivity index (χ0n) is 18.3. The molecular formula is C24H28N4O3. The lowest BCUT2D eigenvalue weighted by molar-refractivity contribution is 0.342. The number of rotatable bonds is 8. The number of hydrogen-bond acceptors (Lipinski definition) is 5. The minimum absolute atomic E-state index is 0.347. The molecule has 0 fully saturated rings. The summed E-state index contributed by atoms with van der Waals surface area (Å²) in [6.07, 6.45) is 1.70. The predicted molar refractivity (Wildman–Crippen MR) is 123 cm³/mol.